The highest BCUT2D eigenvalue weighted by Gasteiger charge is 2.34. The highest BCUT2D eigenvalue weighted by molar-refractivity contribution is 9.10. The van der Waals surface area contributed by atoms with Gasteiger partial charge in [0.15, 0.2) is 0 Å². The van der Waals surface area contributed by atoms with Gasteiger partial charge in [-0.1, -0.05) is 199 Å². The lowest BCUT2D eigenvalue weighted by Crippen LogP contribution is -2.27. The van der Waals surface area contributed by atoms with Gasteiger partial charge in [-0.05, 0) is 133 Å². The number of fused-ring (bicyclic) bond motifs is 2. The number of hydrogen-bond donors (Lipinski definition) is 2. The topological polar surface area (TPSA) is 84.7 Å². The van der Waals surface area contributed by atoms with Crippen molar-refractivity contribution in [1.82, 2.24) is 9.97 Å². The fourth-order valence-corrected chi connectivity index (χ4v) is 14.6. The first kappa shape index (κ1) is 55.4. The average molecular weight is 1060 g/mol. The van der Waals surface area contributed by atoms with E-state index in [2.05, 4.69) is 150 Å². The Hall–Kier alpha value is -5.37. The predicted molar refractivity (Wildman–Crippen MR) is 316 cm³/mol. The van der Waals surface area contributed by atoms with Crippen LogP contribution in [0, 0.1) is 11.8 Å². The molecule has 0 radical (unpaired) electrons. The van der Waals surface area contributed by atoms with Crippen LogP contribution in [0.3, 0.4) is 0 Å². The van der Waals surface area contributed by atoms with Gasteiger partial charge in [-0.2, -0.15) is 0 Å². The molecule has 2 heterocycles. The molecule has 0 spiro atoms. The third-order valence-electron chi connectivity index (χ3n) is 13.7. The third-order valence-corrected chi connectivity index (χ3v) is 17.7. The molecule has 2 saturated carbocycles. The number of ether oxygens (including phenoxy) is 2. The molecule has 2 aliphatic carbocycles. The van der Waals surface area contributed by atoms with E-state index in [0.717, 1.165) is 67.3 Å². The van der Waals surface area contributed by atoms with Gasteiger partial charge in [-0.3, -0.25) is 0 Å². The SMILES string of the molecule is Brc1cccc(-c2ccc3ccccc3n2)c1.CC(C)CB(O)O.CC(C)Cc1cccc(-c2ccc3ccccc3n2)c1.COc1cccc(OC)c1-c1ccccc1P(C1CCCCC1)C1CCCCC1. The van der Waals surface area contributed by atoms with Gasteiger partial charge in [0.2, 0.25) is 0 Å². The minimum atomic E-state index is -1.13. The van der Waals surface area contributed by atoms with E-state index in [1.807, 2.05) is 62.4 Å². The summed E-state index contributed by atoms with van der Waals surface area (Å²) in [7, 11) is 2.23. The summed E-state index contributed by atoms with van der Waals surface area (Å²) in [6.07, 6.45) is 15.7. The zero-order chi connectivity index (χ0) is 51.5. The van der Waals surface area contributed by atoms with Crippen molar-refractivity contribution < 1.29 is 19.5 Å². The van der Waals surface area contributed by atoms with E-state index in [9.17, 15) is 0 Å². The summed E-state index contributed by atoms with van der Waals surface area (Å²) >= 11 is 3.48. The van der Waals surface area contributed by atoms with Crippen molar-refractivity contribution in [1.29, 1.82) is 0 Å². The van der Waals surface area contributed by atoms with Crippen molar-refractivity contribution in [2.45, 2.75) is 116 Å². The zero-order valence-corrected chi connectivity index (χ0v) is 46.4. The standard InChI is InChI=1S/C26H35O2P.C19H19N.C15H10BrN.C4H11BO2/c1-27-23-17-11-18-24(28-2)26(23)22-16-9-10-19-25(22)29(20-12-5-3-6-13-20)21-14-7-4-8-15-21;1-14(2)12-15-6-5-8-17(13-15)19-11-10-16-7-3-4-9-18(16)20-19;16-13-6-3-5-12(10-13)15-9-8-11-4-1-2-7-14(11)17-15;1-4(2)3-5(6)7/h9-11,16-21H,3-8,12-15H2,1-2H3;3-11,13-14H,12H2,1-2H3;1-10H;4,6-7H,3H2,1-2H3. The summed E-state index contributed by atoms with van der Waals surface area (Å²) < 4.78 is 12.7. The minimum Gasteiger partial charge on any atom is -0.496 e. The van der Waals surface area contributed by atoms with Crippen molar-refractivity contribution in [2.24, 2.45) is 11.8 Å². The van der Waals surface area contributed by atoms with Crippen molar-refractivity contribution in [2.75, 3.05) is 14.2 Å². The molecule has 9 heteroatoms. The molecule has 0 amide bonds. The van der Waals surface area contributed by atoms with Crippen molar-refractivity contribution in [3.8, 4) is 45.1 Å². The van der Waals surface area contributed by atoms with E-state index in [1.54, 1.807) is 19.5 Å². The Balaban J connectivity index is 0.000000155. The molecule has 0 aliphatic heterocycles. The molecule has 6 nitrogen and oxygen atoms in total. The van der Waals surface area contributed by atoms with Gasteiger partial charge in [0.05, 0.1) is 42.2 Å². The maximum absolute atomic E-state index is 8.28. The fraction of sp³-hybridized carbons (Fsp3) is 0.344. The van der Waals surface area contributed by atoms with E-state index >= 15 is 0 Å². The van der Waals surface area contributed by atoms with Gasteiger partial charge in [-0.15, -0.1) is 0 Å². The predicted octanol–water partition coefficient (Wildman–Crippen LogP) is 17.0. The quantitative estimate of drug-likeness (QED) is 0.0937. The Morgan fingerprint density at radius 3 is 1.53 bits per heavy atom. The lowest BCUT2D eigenvalue weighted by Gasteiger charge is -2.39. The third kappa shape index (κ3) is 16.1. The lowest BCUT2D eigenvalue weighted by molar-refractivity contribution is 0.394. The molecule has 10 rings (SSSR count). The van der Waals surface area contributed by atoms with E-state index < -0.39 is 7.12 Å². The Morgan fingerprint density at radius 1 is 0.548 bits per heavy atom. The monoisotopic (exact) mass is 1060 g/mol. The van der Waals surface area contributed by atoms with Crippen LogP contribution in [0.1, 0.15) is 97.5 Å². The van der Waals surface area contributed by atoms with Gasteiger partial charge in [0.25, 0.3) is 0 Å². The molecule has 73 heavy (non-hydrogen) atoms. The molecule has 2 N–H and O–H groups in total. The zero-order valence-electron chi connectivity index (χ0n) is 43.9. The van der Waals surface area contributed by atoms with Crippen LogP contribution in [0.4, 0.5) is 0 Å². The summed E-state index contributed by atoms with van der Waals surface area (Å²) in [5.41, 5.74) is 12.1. The minimum absolute atomic E-state index is 0.182. The smallest absolute Gasteiger partial charge is 0.451 e. The van der Waals surface area contributed by atoms with Crippen LogP contribution in [0.5, 0.6) is 11.5 Å². The summed E-state index contributed by atoms with van der Waals surface area (Å²) in [6, 6.07) is 57.1. The second-order valence-corrected chi connectivity index (χ2v) is 23.9. The summed E-state index contributed by atoms with van der Waals surface area (Å²) in [6.45, 7) is 8.39. The summed E-state index contributed by atoms with van der Waals surface area (Å²) in [5.74, 6) is 2.88. The second kappa shape index (κ2) is 28.3. The molecular weight excluding hydrogens is 982 g/mol. The van der Waals surface area contributed by atoms with Crippen LogP contribution in [-0.4, -0.2) is 52.7 Å². The fourth-order valence-electron chi connectivity index (χ4n) is 10.3. The molecule has 380 valence electrons. The molecule has 0 unspecified atom stereocenters. The highest BCUT2D eigenvalue weighted by atomic mass is 79.9. The molecule has 8 aromatic rings. The van der Waals surface area contributed by atoms with Gasteiger partial charge < -0.3 is 19.5 Å². The van der Waals surface area contributed by atoms with E-state index in [4.69, 9.17) is 24.5 Å². The van der Waals surface area contributed by atoms with E-state index in [0.29, 0.717) is 18.2 Å². The number of para-hydroxylation sites is 2. The van der Waals surface area contributed by atoms with Crippen LogP contribution in [0.25, 0.3) is 55.4 Å². The summed E-state index contributed by atoms with van der Waals surface area (Å²) in [4.78, 5) is 9.43. The Morgan fingerprint density at radius 2 is 1.04 bits per heavy atom. The number of pyridine rings is 2. The van der Waals surface area contributed by atoms with Gasteiger partial charge in [0.1, 0.15) is 11.5 Å². The number of rotatable bonds is 12. The van der Waals surface area contributed by atoms with Gasteiger partial charge in [0, 0.05) is 26.4 Å². The summed E-state index contributed by atoms with van der Waals surface area (Å²) in [5, 5.41) is 20.5. The Bertz CT molecular complexity index is 2910. The first-order valence-electron chi connectivity index (χ1n) is 26.5. The molecule has 0 saturated heterocycles. The van der Waals surface area contributed by atoms with Gasteiger partial charge in [-0.25, -0.2) is 9.97 Å². The van der Waals surface area contributed by atoms with Crippen LogP contribution < -0.4 is 14.8 Å². The number of aromatic nitrogens is 2. The lowest BCUT2D eigenvalue weighted by atomic mass is 9.80. The highest BCUT2D eigenvalue weighted by Crippen LogP contribution is 2.57. The molecule has 2 aromatic heterocycles. The number of methoxy groups -OCH3 is 2. The second-order valence-electron chi connectivity index (χ2n) is 20.2. The van der Waals surface area contributed by atoms with Crippen molar-refractivity contribution in [3.63, 3.8) is 0 Å². The van der Waals surface area contributed by atoms with E-state index in [-0.39, 0.29) is 7.92 Å². The van der Waals surface area contributed by atoms with Crippen LogP contribution in [0.15, 0.2) is 168 Å². The van der Waals surface area contributed by atoms with Crippen LogP contribution in [-0.2, 0) is 6.42 Å². The molecular formula is C64H75BBrN2O4P. The van der Waals surface area contributed by atoms with Crippen molar-refractivity contribution >= 4 is 58.1 Å². The molecule has 0 atom stereocenters. The molecule has 0 bridgehead atoms. The maximum Gasteiger partial charge on any atom is 0.451 e. The molecule has 2 fully saturated rings. The number of nitrogens with zero attached hydrogens (tertiary/aromatic N) is 2. The van der Waals surface area contributed by atoms with Crippen LogP contribution >= 0.6 is 23.9 Å². The number of halogens is 1. The molecule has 6 aromatic carbocycles. The number of hydrogen-bond acceptors (Lipinski definition) is 6. The first-order chi connectivity index (χ1) is 35.5. The van der Waals surface area contributed by atoms with Gasteiger partial charge >= 0.3 is 7.12 Å². The van der Waals surface area contributed by atoms with E-state index in [1.165, 1.54) is 91.7 Å². The van der Waals surface area contributed by atoms with Crippen molar-refractivity contribution in [3.05, 3.63) is 174 Å². The maximum atomic E-state index is 8.28. The Kier molecular flexibility index (Phi) is 21.5. The normalized spacial score (nSPS) is 13.9. The largest absolute Gasteiger partial charge is 0.496 e. The average Bonchev–Trinajstić information content (AvgIpc) is 3.41. The Labute approximate surface area is 446 Å². The number of benzene rings is 6. The van der Waals surface area contributed by atoms with Crippen LogP contribution in [0.2, 0.25) is 6.32 Å². The molecule has 2 aliphatic rings. The first-order valence-corrected chi connectivity index (χ1v) is 28.8.